The number of carboxylic acids is 1. The highest BCUT2D eigenvalue weighted by molar-refractivity contribution is 5.68. The van der Waals surface area contributed by atoms with Crippen LogP contribution in [0.5, 0.6) is 5.75 Å². The number of hydrogen-bond donors (Lipinski definition) is 3. The zero-order valence-electron chi connectivity index (χ0n) is 7.58. The largest absolute Gasteiger partial charge is 0.503 e. The van der Waals surface area contributed by atoms with Gasteiger partial charge in [-0.2, -0.15) is 0 Å². The molecule has 4 N–H and O–H groups in total. The third-order valence-corrected chi connectivity index (χ3v) is 1.89. The van der Waals surface area contributed by atoms with Crippen molar-refractivity contribution in [2.75, 3.05) is 0 Å². The summed E-state index contributed by atoms with van der Waals surface area (Å²) >= 11 is 0. The first-order valence-electron chi connectivity index (χ1n) is 4.07. The van der Waals surface area contributed by atoms with Gasteiger partial charge in [0.15, 0.2) is 17.4 Å². The number of hydrogen-bond acceptors (Lipinski definition) is 3. The lowest BCUT2D eigenvalue weighted by Gasteiger charge is -2.11. The number of nitrogens with two attached hydrogens (primary N) is 1. The van der Waals surface area contributed by atoms with E-state index in [1.165, 1.54) is 0 Å². The van der Waals surface area contributed by atoms with Crippen molar-refractivity contribution in [2.45, 2.75) is 12.5 Å². The molecule has 0 fully saturated rings. The molecule has 0 saturated carbocycles. The van der Waals surface area contributed by atoms with Gasteiger partial charge in [-0.25, -0.2) is 8.78 Å². The minimum absolute atomic E-state index is 0.226. The maximum atomic E-state index is 13.2. The molecule has 0 aromatic heterocycles. The number of benzene rings is 1. The van der Waals surface area contributed by atoms with Gasteiger partial charge < -0.3 is 15.9 Å². The Morgan fingerprint density at radius 1 is 1.47 bits per heavy atom. The van der Waals surface area contributed by atoms with Gasteiger partial charge in [0.25, 0.3) is 0 Å². The van der Waals surface area contributed by atoms with Crippen LogP contribution in [0.4, 0.5) is 8.78 Å². The lowest BCUT2D eigenvalue weighted by Crippen LogP contribution is -2.16. The van der Waals surface area contributed by atoms with Crippen molar-refractivity contribution in [3.8, 4) is 5.75 Å². The van der Waals surface area contributed by atoms with Crippen molar-refractivity contribution in [2.24, 2.45) is 5.73 Å². The fourth-order valence-electron chi connectivity index (χ4n) is 1.14. The molecule has 0 radical (unpaired) electrons. The van der Waals surface area contributed by atoms with E-state index in [1.54, 1.807) is 0 Å². The molecule has 1 atom stereocenters. The molecule has 0 aliphatic carbocycles. The SMILES string of the molecule is NC(CC(=O)O)c1ccc(F)c(O)c1F. The van der Waals surface area contributed by atoms with E-state index < -0.39 is 35.8 Å². The molecule has 0 aliphatic heterocycles. The summed E-state index contributed by atoms with van der Waals surface area (Å²) in [5.74, 6) is -4.68. The number of aliphatic carboxylic acids is 1. The van der Waals surface area contributed by atoms with E-state index in [4.69, 9.17) is 15.9 Å². The number of aromatic hydroxyl groups is 1. The van der Waals surface area contributed by atoms with Gasteiger partial charge in [0.1, 0.15) is 0 Å². The molecule has 1 aromatic carbocycles. The average molecular weight is 217 g/mol. The second-order valence-corrected chi connectivity index (χ2v) is 3.00. The number of halogens is 2. The zero-order valence-corrected chi connectivity index (χ0v) is 7.58. The molecule has 6 heteroatoms. The molecule has 82 valence electrons. The molecule has 0 amide bonds. The van der Waals surface area contributed by atoms with Gasteiger partial charge in [0, 0.05) is 11.6 Å². The Kier molecular flexibility index (Phi) is 3.21. The summed E-state index contributed by atoms with van der Waals surface area (Å²) in [4.78, 5) is 10.3. The Labute approximate surface area is 83.9 Å². The molecule has 0 heterocycles. The molecule has 0 saturated heterocycles. The lowest BCUT2D eigenvalue weighted by molar-refractivity contribution is -0.137. The summed E-state index contributed by atoms with van der Waals surface area (Å²) in [6.45, 7) is 0. The van der Waals surface area contributed by atoms with Crippen LogP contribution < -0.4 is 5.73 Å². The van der Waals surface area contributed by atoms with Crippen molar-refractivity contribution < 1.29 is 23.8 Å². The highest BCUT2D eigenvalue weighted by Gasteiger charge is 2.19. The van der Waals surface area contributed by atoms with Crippen LogP contribution in [0.15, 0.2) is 12.1 Å². The molecule has 0 spiro atoms. The summed E-state index contributed by atoms with van der Waals surface area (Å²) in [6.07, 6.45) is -0.498. The van der Waals surface area contributed by atoms with Gasteiger partial charge in [-0.3, -0.25) is 4.79 Å². The minimum Gasteiger partial charge on any atom is -0.503 e. The first-order valence-corrected chi connectivity index (χ1v) is 4.07. The van der Waals surface area contributed by atoms with Crippen molar-refractivity contribution >= 4 is 5.97 Å². The van der Waals surface area contributed by atoms with Crippen LogP contribution in [0, 0.1) is 11.6 Å². The third kappa shape index (κ3) is 2.41. The molecular formula is C9H9F2NO3. The van der Waals surface area contributed by atoms with Crippen LogP contribution in [0.3, 0.4) is 0 Å². The second-order valence-electron chi connectivity index (χ2n) is 3.00. The first-order chi connectivity index (χ1) is 6.93. The third-order valence-electron chi connectivity index (χ3n) is 1.89. The highest BCUT2D eigenvalue weighted by atomic mass is 19.1. The van der Waals surface area contributed by atoms with Crippen molar-refractivity contribution in [1.29, 1.82) is 0 Å². The Hall–Kier alpha value is -1.69. The average Bonchev–Trinajstić information content (AvgIpc) is 2.13. The normalized spacial score (nSPS) is 12.5. The molecule has 1 unspecified atom stereocenters. The fourth-order valence-corrected chi connectivity index (χ4v) is 1.14. The Morgan fingerprint density at radius 3 is 2.60 bits per heavy atom. The van der Waals surface area contributed by atoms with Crippen LogP contribution >= 0.6 is 0 Å². The van der Waals surface area contributed by atoms with Crippen LogP contribution in [0.25, 0.3) is 0 Å². The standard InChI is InChI=1S/C9H9F2NO3/c10-5-2-1-4(8(11)9(5)15)6(12)3-7(13)14/h1-2,6,15H,3,12H2,(H,13,14). The molecular weight excluding hydrogens is 208 g/mol. The molecule has 1 aromatic rings. The Morgan fingerprint density at radius 2 is 2.07 bits per heavy atom. The van der Waals surface area contributed by atoms with Gasteiger partial charge in [0.05, 0.1) is 6.42 Å². The van der Waals surface area contributed by atoms with Gasteiger partial charge in [0.2, 0.25) is 0 Å². The predicted octanol–water partition coefficient (Wildman–Crippen LogP) is 1.14. The molecule has 4 nitrogen and oxygen atoms in total. The van der Waals surface area contributed by atoms with Crippen LogP contribution in [0.1, 0.15) is 18.0 Å². The van der Waals surface area contributed by atoms with E-state index in [-0.39, 0.29) is 5.56 Å². The zero-order chi connectivity index (χ0) is 11.6. The smallest absolute Gasteiger partial charge is 0.305 e. The van der Waals surface area contributed by atoms with Crippen molar-refractivity contribution in [3.63, 3.8) is 0 Å². The van der Waals surface area contributed by atoms with E-state index in [0.717, 1.165) is 12.1 Å². The van der Waals surface area contributed by atoms with E-state index in [2.05, 4.69) is 0 Å². The summed E-state index contributed by atoms with van der Waals surface area (Å²) in [7, 11) is 0. The van der Waals surface area contributed by atoms with Gasteiger partial charge in [-0.1, -0.05) is 6.07 Å². The van der Waals surface area contributed by atoms with E-state index in [1.807, 2.05) is 0 Å². The second kappa shape index (κ2) is 4.22. The maximum Gasteiger partial charge on any atom is 0.305 e. The van der Waals surface area contributed by atoms with Gasteiger partial charge in [-0.05, 0) is 6.07 Å². The Bertz CT molecular complexity index is 395. The predicted molar refractivity (Wildman–Crippen MR) is 47.2 cm³/mol. The summed E-state index contributed by atoms with van der Waals surface area (Å²) < 4.78 is 25.8. The van der Waals surface area contributed by atoms with Crippen LogP contribution in [-0.4, -0.2) is 16.2 Å². The van der Waals surface area contributed by atoms with Crippen LogP contribution in [-0.2, 0) is 4.79 Å². The topological polar surface area (TPSA) is 83.6 Å². The first kappa shape index (κ1) is 11.4. The van der Waals surface area contributed by atoms with Crippen molar-refractivity contribution in [1.82, 2.24) is 0 Å². The minimum atomic E-state index is -1.22. The molecule has 0 bridgehead atoms. The molecule has 0 aliphatic rings. The number of phenols is 1. The number of carbonyl (C=O) groups is 1. The fraction of sp³-hybridized carbons (Fsp3) is 0.222. The summed E-state index contributed by atoms with van der Waals surface area (Å²) in [5, 5.41) is 17.3. The number of phenolic OH excluding ortho intramolecular Hbond substituents is 1. The van der Waals surface area contributed by atoms with Crippen molar-refractivity contribution in [3.05, 3.63) is 29.3 Å². The molecule has 15 heavy (non-hydrogen) atoms. The molecule has 1 rings (SSSR count). The van der Waals surface area contributed by atoms with Crippen LogP contribution in [0.2, 0.25) is 0 Å². The van der Waals surface area contributed by atoms with Gasteiger partial charge >= 0.3 is 5.97 Å². The summed E-state index contributed by atoms with van der Waals surface area (Å²) in [5.41, 5.74) is 5.14. The number of rotatable bonds is 3. The number of carboxylic acid groups (broad SMARTS) is 1. The van der Waals surface area contributed by atoms with E-state index in [0.29, 0.717) is 0 Å². The van der Waals surface area contributed by atoms with Gasteiger partial charge in [-0.15, -0.1) is 0 Å². The highest BCUT2D eigenvalue weighted by Crippen LogP contribution is 2.27. The lowest BCUT2D eigenvalue weighted by atomic mass is 10.0. The van der Waals surface area contributed by atoms with E-state index >= 15 is 0 Å². The van der Waals surface area contributed by atoms with E-state index in [9.17, 15) is 13.6 Å². The monoisotopic (exact) mass is 217 g/mol. The Balaban J connectivity index is 3.05. The maximum absolute atomic E-state index is 13.2. The summed E-state index contributed by atoms with van der Waals surface area (Å²) in [6, 6.07) is 0.724. The quantitative estimate of drug-likeness (QED) is 0.709.